The van der Waals surface area contributed by atoms with Crippen LogP contribution in [-0.4, -0.2) is 39.0 Å². The minimum absolute atomic E-state index is 0.000220. The molecular weight excluding hydrogens is 398 g/mol. The Labute approximate surface area is 168 Å². The molecule has 2 aromatic rings. The van der Waals surface area contributed by atoms with Crippen LogP contribution in [0.2, 0.25) is 0 Å². The number of amides is 3. The van der Waals surface area contributed by atoms with Crippen molar-refractivity contribution in [2.45, 2.75) is 30.3 Å². The van der Waals surface area contributed by atoms with Crippen LogP contribution in [-0.2, 0) is 14.8 Å². The molecule has 1 aliphatic heterocycles. The smallest absolute Gasteiger partial charge is 0.322 e. The summed E-state index contributed by atoms with van der Waals surface area (Å²) in [5, 5.41) is 4.55. The normalized spacial score (nSPS) is 20.0. The Balaban J connectivity index is 1.70. The molecule has 1 aliphatic rings. The maximum atomic E-state index is 12.7. The van der Waals surface area contributed by atoms with E-state index in [0.717, 1.165) is 0 Å². The molecule has 2 aromatic carbocycles. The number of methoxy groups -OCH3 is 1. The average Bonchev–Trinajstić information content (AvgIpc) is 2.95. The van der Waals surface area contributed by atoms with Gasteiger partial charge in [0.05, 0.1) is 18.0 Å². The number of imide groups is 1. The second-order valence-corrected chi connectivity index (χ2v) is 8.42. The van der Waals surface area contributed by atoms with Crippen LogP contribution < -0.4 is 24.8 Å². The first-order valence-corrected chi connectivity index (χ1v) is 10.2. The summed E-state index contributed by atoms with van der Waals surface area (Å²) < 4.78 is 38.5. The average molecular weight is 419 g/mol. The number of carbonyl (C=O) groups excluding carboxylic acids is 2. The van der Waals surface area contributed by atoms with E-state index >= 15 is 0 Å². The van der Waals surface area contributed by atoms with E-state index in [0.29, 0.717) is 17.2 Å². The molecule has 0 radical (unpaired) electrons. The molecule has 3 N–H and O–H groups in total. The van der Waals surface area contributed by atoms with E-state index in [9.17, 15) is 18.0 Å². The molecule has 9 nitrogen and oxygen atoms in total. The maximum absolute atomic E-state index is 12.7. The van der Waals surface area contributed by atoms with Crippen molar-refractivity contribution in [3.8, 4) is 17.2 Å². The summed E-state index contributed by atoms with van der Waals surface area (Å²) in [6.45, 7) is 2.95. The number of hydrogen-bond donors (Lipinski definition) is 3. The second kappa shape index (κ2) is 7.72. The van der Waals surface area contributed by atoms with Gasteiger partial charge in [-0.15, -0.1) is 0 Å². The van der Waals surface area contributed by atoms with E-state index in [4.69, 9.17) is 9.47 Å². The van der Waals surface area contributed by atoms with Crippen molar-refractivity contribution in [3.05, 3.63) is 48.5 Å². The molecule has 154 valence electrons. The van der Waals surface area contributed by atoms with Crippen LogP contribution in [0.5, 0.6) is 17.2 Å². The van der Waals surface area contributed by atoms with E-state index in [1.807, 2.05) is 0 Å². The van der Waals surface area contributed by atoms with Gasteiger partial charge in [-0.2, -0.15) is 0 Å². The molecule has 29 heavy (non-hydrogen) atoms. The fraction of sp³-hybridized carbons (Fsp3) is 0.263. The van der Waals surface area contributed by atoms with Crippen LogP contribution in [0.1, 0.15) is 13.8 Å². The van der Waals surface area contributed by atoms with Crippen molar-refractivity contribution in [3.63, 3.8) is 0 Å². The zero-order valence-electron chi connectivity index (χ0n) is 16.1. The van der Waals surface area contributed by atoms with Gasteiger partial charge in [-0.25, -0.2) is 17.9 Å². The predicted octanol–water partition coefficient (Wildman–Crippen LogP) is 1.75. The quantitative estimate of drug-likeness (QED) is 0.588. The number of urea groups is 1. The van der Waals surface area contributed by atoms with Crippen LogP contribution in [0.25, 0.3) is 0 Å². The van der Waals surface area contributed by atoms with Gasteiger partial charge in [0.25, 0.3) is 5.91 Å². The molecular formula is C19H21N3O6S. The van der Waals surface area contributed by atoms with Gasteiger partial charge < -0.3 is 14.8 Å². The first kappa shape index (κ1) is 20.6. The van der Waals surface area contributed by atoms with Crippen LogP contribution >= 0.6 is 0 Å². The molecule has 10 heteroatoms. The zero-order chi connectivity index (χ0) is 21.2. The lowest BCUT2D eigenvalue weighted by Gasteiger charge is -2.28. The number of nitrogens with one attached hydrogen (secondary N) is 3. The number of carbonyl (C=O) groups is 2. The monoisotopic (exact) mass is 419 g/mol. The Morgan fingerprint density at radius 2 is 1.48 bits per heavy atom. The lowest BCUT2D eigenvalue weighted by molar-refractivity contribution is -0.124. The summed E-state index contributed by atoms with van der Waals surface area (Å²) in [5.41, 5.74) is -1.39. The summed E-state index contributed by atoms with van der Waals surface area (Å²) in [5.74, 6) is 1.13. The lowest BCUT2D eigenvalue weighted by atomic mass is 9.95. The molecule has 0 spiro atoms. The number of sulfonamides is 1. The second-order valence-electron chi connectivity index (χ2n) is 6.70. The highest BCUT2D eigenvalue weighted by molar-refractivity contribution is 7.89. The fourth-order valence-electron chi connectivity index (χ4n) is 2.75. The Kier molecular flexibility index (Phi) is 5.49. The molecule has 0 unspecified atom stereocenters. The summed E-state index contributed by atoms with van der Waals surface area (Å²) >= 11 is 0. The molecule has 3 rings (SSSR count). The van der Waals surface area contributed by atoms with Crippen LogP contribution in [0, 0.1) is 0 Å². The van der Waals surface area contributed by atoms with Crippen molar-refractivity contribution in [2.24, 2.45) is 0 Å². The van der Waals surface area contributed by atoms with Crippen molar-refractivity contribution in [1.29, 1.82) is 0 Å². The predicted molar refractivity (Wildman–Crippen MR) is 104 cm³/mol. The van der Waals surface area contributed by atoms with Crippen LogP contribution in [0.3, 0.4) is 0 Å². The van der Waals surface area contributed by atoms with E-state index in [-0.39, 0.29) is 4.90 Å². The van der Waals surface area contributed by atoms with E-state index in [1.165, 1.54) is 38.1 Å². The Morgan fingerprint density at radius 3 is 1.97 bits per heavy atom. The van der Waals surface area contributed by atoms with E-state index < -0.39 is 33.5 Å². The lowest BCUT2D eigenvalue weighted by Crippen LogP contribution is -2.59. The molecule has 1 fully saturated rings. The molecule has 3 amide bonds. The summed E-state index contributed by atoms with van der Waals surface area (Å²) in [7, 11) is -2.36. The van der Waals surface area contributed by atoms with Gasteiger partial charge in [-0.05, 0) is 62.4 Å². The van der Waals surface area contributed by atoms with Gasteiger partial charge in [0, 0.05) is 0 Å². The molecule has 0 saturated carbocycles. The number of benzene rings is 2. The summed E-state index contributed by atoms with van der Waals surface area (Å²) in [6.07, 6.45) is 0. The Bertz CT molecular complexity index is 1020. The summed E-state index contributed by atoms with van der Waals surface area (Å²) in [6, 6.07) is 11.2. The van der Waals surface area contributed by atoms with Crippen molar-refractivity contribution in [1.82, 2.24) is 15.4 Å². The van der Waals surface area contributed by atoms with Crippen molar-refractivity contribution in [2.75, 3.05) is 7.11 Å². The first-order chi connectivity index (χ1) is 13.6. The number of ether oxygens (including phenoxy) is 2. The molecule has 0 bridgehead atoms. The van der Waals surface area contributed by atoms with Crippen molar-refractivity contribution < 1.29 is 27.5 Å². The molecule has 1 heterocycles. The summed E-state index contributed by atoms with van der Waals surface area (Å²) in [4.78, 5) is 23.4. The van der Waals surface area contributed by atoms with E-state index in [2.05, 4.69) is 15.4 Å². The van der Waals surface area contributed by atoms with Gasteiger partial charge in [-0.3, -0.25) is 10.1 Å². The zero-order valence-corrected chi connectivity index (χ0v) is 16.9. The molecule has 0 aliphatic carbocycles. The first-order valence-electron chi connectivity index (χ1n) is 8.72. The molecule has 0 aromatic heterocycles. The fourth-order valence-corrected chi connectivity index (χ4v) is 4.08. The highest BCUT2D eigenvalue weighted by atomic mass is 32.2. The Morgan fingerprint density at radius 1 is 0.966 bits per heavy atom. The SMILES string of the molecule is COc1ccc(Oc2ccc(S(=O)(=O)N[C@H](C)[C@@]3(C)NC(=O)NC3=O)cc2)cc1. The minimum atomic E-state index is -3.93. The van der Waals surface area contributed by atoms with Crippen molar-refractivity contribution >= 4 is 22.0 Å². The molecule has 2 atom stereocenters. The maximum Gasteiger partial charge on any atom is 0.322 e. The highest BCUT2D eigenvalue weighted by Gasteiger charge is 2.47. The van der Waals surface area contributed by atoms with Gasteiger partial charge in [0.15, 0.2) is 0 Å². The third-order valence-electron chi connectivity index (χ3n) is 4.70. The van der Waals surface area contributed by atoms with Gasteiger partial charge >= 0.3 is 6.03 Å². The van der Waals surface area contributed by atoms with Gasteiger partial charge in [0.1, 0.15) is 22.8 Å². The Hall–Kier alpha value is -3.11. The standard InChI is InChI=1S/C19H21N3O6S/c1-12(19(2)17(23)20-18(24)21-19)22-29(25,26)16-10-8-15(9-11-16)28-14-6-4-13(27-3)5-7-14/h4-12,22H,1-3H3,(H2,20,21,23,24)/t12-,19-/m1/s1. The third kappa shape index (κ3) is 4.33. The third-order valence-corrected chi connectivity index (χ3v) is 6.26. The molecule has 1 saturated heterocycles. The van der Waals surface area contributed by atoms with Gasteiger partial charge in [0.2, 0.25) is 10.0 Å². The largest absolute Gasteiger partial charge is 0.497 e. The number of hydrogen-bond acceptors (Lipinski definition) is 6. The van der Waals surface area contributed by atoms with E-state index in [1.54, 1.807) is 31.4 Å². The highest BCUT2D eigenvalue weighted by Crippen LogP contribution is 2.25. The van der Waals surface area contributed by atoms with Crippen LogP contribution in [0.4, 0.5) is 4.79 Å². The topological polar surface area (TPSA) is 123 Å². The number of rotatable bonds is 7. The van der Waals surface area contributed by atoms with Gasteiger partial charge in [-0.1, -0.05) is 0 Å². The minimum Gasteiger partial charge on any atom is -0.497 e. The van der Waals surface area contributed by atoms with Crippen LogP contribution in [0.15, 0.2) is 53.4 Å².